The number of carbonyl (C=O) groups excluding carboxylic acids is 2. The molecule has 0 aromatic rings. The normalized spacial score (nSPS) is 12.0. The molecular formula is C40H78BrNO3. The lowest BCUT2D eigenvalue weighted by molar-refractivity contribution is -0.149. The Labute approximate surface area is 290 Å². The Morgan fingerprint density at radius 3 is 1.31 bits per heavy atom. The zero-order valence-electron chi connectivity index (χ0n) is 30.4. The SMILES string of the molecule is CCCCCCCCCCCCCCCCCCNC(=O)CCCCCCCCCCC(CCCCCC)OC(=O)CCCBr. The lowest BCUT2D eigenvalue weighted by Gasteiger charge is -2.18. The smallest absolute Gasteiger partial charge is 0.306 e. The number of amides is 1. The fraction of sp³-hybridized carbons (Fsp3) is 0.950. The van der Waals surface area contributed by atoms with E-state index in [1.165, 1.54) is 154 Å². The topological polar surface area (TPSA) is 55.4 Å². The lowest BCUT2D eigenvalue weighted by atomic mass is 10.0. The Morgan fingerprint density at radius 2 is 0.867 bits per heavy atom. The summed E-state index contributed by atoms with van der Waals surface area (Å²) < 4.78 is 5.81. The molecular weight excluding hydrogens is 622 g/mol. The van der Waals surface area contributed by atoms with Crippen LogP contribution in [0.1, 0.15) is 226 Å². The summed E-state index contributed by atoms with van der Waals surface area (Å²) >= 11 is 3.40. The number of ether oxygens (including phenoxy) is 1. The van der Waals surface area contributed by atoms with E-state index in [4.69, 9.17) is 4.74 Å². The molecule has 0 bridgehead atoms. The van der Waals surface area contributed by atoms with Crippen molar-refractivity contribution in [2.45, 2.75) is 232 Å². The second kappa shape index (κ2) is 37.9. The van der Waals surface area contributed by atoms with E-state index in [0.29, 0.717) is 12.8 Å². The number of alkyl halides is 1. The number of rotatable bonds is 37. The molecule has 4 nitrogen and oxygen atoms in total. The molecule has 268 valence electrons. The highest BCUT2D eigenvalue weighted by Crippen LogP contribution is 2.18. The van der Waals surface area contributed by atoms with Gasteiger partial charge in [-0.1, -0.05) is 184 Å². The van der Waals surface area contributed by atoms with Gasteiger partial charge in [-0.15, -0.1) is 0 Å². The third-order valence-electron chi connectivity index (χ3n) is 9.22. The first-order valence-corrected chi connectivity index (χ1v) is 21.3. The number of nitrogens with one attached hydrogen (secondary N) is 1. The van der Waals surface area contributed by atoms with Gasteiger partial charge in [0, 0.05) is 24.7 Å². The van der Waals surface area contributed by atoms with Gasteiger partial charge in [0.05, 0.1) is 0 Å². The van der Waals surface area contributed by atoms with E-state index in [1.54, 1.807) is 0 Å². The summed E-state index contributed by atoms with van der Waals surface area (Å²) in [5, 5.41) is 3.99. The van der Waals surface area contributed by atoms with Crippen molar-refractivity contribution in [2.75, 3.05) is 11.9 Å². The maximum Gasteiger partial charge on any atom is 0.306 e. The van der Waals surface area contributed by atoms with Crippen LogP contribution in [-0.2, 0) is 14.3 Å². The number of halogens is 1. The van der Waals surface area contributed by atoms with Crippen molar-refractivity contribution in [1.29, 1.82) is 0 Å². The van der Waals surface area contributed by atoms with Gasteiger partial charge in [0.1, 0.15) is 6.10 Å². The third-order valence-corrected chi connectivity index (χ3v) is 9.79. The molecule has 0 heterocycles. The molecule has 0 aromatic heterocycles. The van der Waals surface area contributed by atoms with Crippen molar-refractivity contribution in [3.63, 3.8) is 0 Å². The maximum atomic E-state index is 12.1. The summed E-state index contributed by atoms with van der Waals surface area (Å²) in [6, 6.07) is 0. The molecule has 1 N–H and O–H groups in total. The molecule has 0 spiro atoms. The van der Waals surface area contributed by atoms with Gasteiger partial charge in [-0.2, -0.15) is 0 Å². The number of esters is 1. The highest BCUT2D eigenvalue weighted by atomic mass is 79.9. The summed E-state index contributed by atoms with van der Waals surface area (Å²) in [6.45, 7) is 5.38. The van der Waals surface area contributed by atoms with Crippen LogP contribution < -0.4 is 5.32 Å². The molecule has 5 heteroatoms. The summed E-state index contributed by atoms with van der Waals surface area (Å²) in [6.07, 6.45) is 40.9. The number of hydrogen-bond acceptors (Lipinski definition) is 3. The van der Waals surface area contributed by atoms with E-state index in [0.717, 1.165) is 56.8 Å². The molecule has 0 aliphatic carbocycles. The van der Waals surface area contributed by atoms with Gasteiger partial charge in [0.25, 0.3) is 0 Å². The number of unbranched alkanes of at least 4 members (excludes halogenated alkanes) is 25. The Hall–Kier alpha value is -0.580. The predicted octanol–water partition coefficient (Wildman–Crippen LogP) is 13.3. The van der Waals surface area contributed by atoms with Gasteiger partial charge in [-0.3, -0.25) is 9.59 Å². The van der Waals surface area contributed by atoms with Crippen LogP contribution >= 0.6 is 15.9 Å². The van der Waals surface area contributed by atoms with Crippen LogP contribution in [0.5, 0.6) is 0 Å². The Bertz CT molecular complexity index is 614. The standard InChI is InChI=1S/C40H78BrNO3/c1-3-5-7-9-10-11-12-13-14-15-16-17-20-23-26-30-37-42-39(43)34-29-25-22-19-18-21-24-28-33-38(32-27-8-6-4-2)45-40(44)35-31-36-41/h38H,3-37H2,1-2H3,(H,42,43). The zero-order valence-corrected chi connectivity index (χ0v) is 32.0. The summed E-state index contributed by atoms with van der Waals surface area (Å²) in [5.74, 6) is 0.219. The highest BCUT2D eigenvalue weighted by molar-refractivity contribution is 9.09. The quantitative estimate of drug-likeness (QED) is 0.0399. The Morgan fingerprint density at radius 1 is 0.489 bits per heavy atom. The molecule has 0 aromatic carbocycles. The zero-order chi connectivity index (χ0) is 32.9. The Kier molecular flexibility index (Phi) is 37.4. The summed E-state index contributed by atoms with van der Waals surface area (Å²) in [5.41, 5.74) is 0. The molecule has 0 saturated heterocycles. The van der Waals surface area contributed by atoms with Gasteiger partial charge in [0.15, 0.2) is 0 Å². The first kappa shape index (κ1) is 44.4. The minimum Gasteiger partial charge on any atom is -0.462 e. The van der Waals surface area contributed by atoms with Crippen molar-refractivity contribution in [2.24, 2.45) is 0 Å². The van der Waals surface area contributed by atoms with Crippen LogP contribution in [-0.4, -0.2) is 29.9 Å². The van der Waals surface area contributed by atoms with E-state index in [-0.39, 0.29) is 18.0 Å². The molecule has 1 atom stereocenters. The second-order valence-corrected chi connectivity index (χ2v) is 14.6. The molecule has 0 aliphatic rings. The maximum absolute atomic E-state index is 12.1. The van der Waals surface area contributed by atoms with E-state index in [2.05, 4.69) is 35.1 Å². The number of hydrogen-bond donors (Lipinski definition) is 1. The van der Waals surface area contributed by atoms with Crippen molar-refractivity contribution >= 4 is 27.8 Å². The first-order chi connectivity index (χ1) is 22.1. The fourth-order valence-electron chi connectivity index (χ4n) is 6.22. The monoisotopic (exact) mass is 700 g/mol. The second-order valence-electron chi connectivity index (χ2n) is 13.8. The van der Waals surface area contributed by atoms with E-state index in [9.17, 15) is 9.59 Å². The van der Waals surface area contributed by atoms with Crippen molar-refractivity contribution in [3.05, 3.63) is 0 Å². The largest absolute Gasteiger partial charge is 0.462 e. The minimum absolute atomic E-state index is 0.0242. The van der Waals surface area contributed by atoms with Crippen LogP contribution in [0.3, 0.4) is 0 Å². The lowest BCUT2D eigenvalue weighted by Crippen LogP contribution is -2.23. The highest BCUT2D eigenvalue weighted by Gasteiger charge is 2.14. The first-order valence-electron chi connectivity index (χ1n) is 20.2. The van der Waals surface area contributed by atoms with Crippen LogP contribution in [0.15, 0.2) is 0 Å². The van der Waals surface area contributed by atoms with Crippen LogP contribution in [0.4, 0.5) is 0 Å². The van der Waals surface area contributed by atoms with Crippen molar-refractivity contribution in [3.8, 4) is 0 Å². The summed E-state index contributed by atoms with van der Waals surface area (Å²) in [7, 11) is 0. The van der Waals surface area contributed by atoms with E-state index in [1.807, 2.05) is 0 Å². The Balaban J connectivity index is 3.48. The molecule has 0 rings (SSSR count). The third kappa shape index (κ3) is 36.1. The molecule has 0 fully saturated rings. The molecule has 1 amide bonds. The molecule has 0 saturated carbocycles. The van der Waals surface area contributed by atoms with Crippen molar-refractivity contribution < 1.29 is 14.3 Å². The van der Waals surface area contributed by atoms with Gasteiger partial charge in [-0.25, -0.2) is 0 Å². The fourth-order valence-corrected chi connectivity index (χ4v) is 6.50. The van der Waals surface area contributed by atoms with Crippen molar-refractivity contribution in [1.82, 2.24) is 5.32 Å². The van der Waals surface area contributed by atoms with E-state index < -0.39 is 0 Å². The van der Waals surface area contributed by atoms with Gasteiger partial charge in [0.2, 0.25) is 5.91 Å². The van der Waals surface area contributed by atoms with Gasteiger partial charge in [-0.05, 0) is 44.9 Å². The predicted molar refractivity (Wildman–Crippen MR) is 200 cm³/mol. The van der Waals surface area contributed by atoms with Crippen LogP contribution in [0.25, 0.3) is 0 Å². The van der Waals surface area contributed by atoms with Crippen LogP contribution in [0, 0.1) is 0 Å². The summed E-state index contributed by atoms with van der Waals surface area (Å²) in [4.78, 5) is 24.2. The van der Waals surface area contributed by atoms with Crippen LogP contribution in [0.2, 0.25) is 0 Å². The van der Waals surface area contributed by atoms with Gasteiger partial charge < -0.3 is 10.1 Å². The molecule has 1 unspecified atom stereocenters. The average molecular weight is 701 g/mol. The molecule has 0 aliphatic heterocycles. The minimum atomic E-state index is -0.0242. The number of carbonyl (C=O) groups is 2. The molecule has 0 radical (unpaired) electrons. The average Bonchev–Trinajstić information content (AvgIpc) is 3.04. The van der Waals surface area contributed by atoms with E-state index >= 15 is 0 Å². The van der Waals surface area contributed by atoms with Gasteiger partial charge >= 0.3 is 5.97 Å². The molecule has 45 heavy (non-hydrogen) atoms.